The maximum absolute atomic E-state index is 5.98. The van der Waals surface area contributed by atoms with Crippen LogP contribution in [0.25, 0.3) is 0 Å². The molecule has 0 saturated heterocycles. The molecule has 0 fully saturated rings. The lowest BCUT2D eigenvalue weighted by atomic mass is 10.3. The molecule has 0 bridgehead atoms. The van der Waals surface area contributed by atoms with Crippen LogP contribution < -0.4 is 20.9 Å². The van der Waals surface area contributed by atoms with Crippen molar-refractivity contribution in [3.8, 4) is 11.5 Å². The van der Waals surface area contributed by atoms with Gasteiger partial charge in [0.1, 0.15) is 22.9 Å². The Bertz CT molecular complexity index is 722. The van der Waals surface area contributed by atoms with E-state index in [0.29, 0.717) is 33.2 Å². The van der Waals surface area contributed by atoms with Gasteiger partial charge in [0, 0.05) is 11.5 Å². The molecule has 0 amide bonds. The van der Waals surface area contributed by atoms with Crippen LogP contribution in [-0.4, -0.2) is 36.1 Å². The summed E-state index contributed by atoms with van der Waals surface area (Å²) in [5.74, 6) is 2.91. The molecule has 0 aliphatic carbocycles. The summed E-state index contributed by atoms with van der Waals surface area (Å²) < 4.78 is 10.5. The van der Waals surface area contributed by atoms with Crippen LogP contribution in [0.15, 0.2) is 58.5 Å². The van der Waals surface area contributed by atoms with Crippen molar-refractivity contribution in [1.29, 1.82) is 0 Å². The number of halogens is 1. The SMILES string of the molecule is Br.COc1ccccc1N=C(N)SCCSC(N)=Nc1ccccc1OC. The van der Waals surface area contributed by atoms with E-state index >= 15 is 0 Å². The second-order valence-corrected chi connectivity index (χ2v) is 7.17. The fraction of sp³-hybridized carbons (Fsp3) is 0.222. The number of ether oxygens (including phenoxy) is 2. The zero-order valence-electron chi connectivity index (χ0n) is 15.1. The highest BCUT2D eigenvalue weighted by molar-refractivity contribution is 8.93. The molecular weight excluding hydrogens is 448 g/mol. The Kier molecular flexibility index (Phi) is 10.8. The molecule has 0 radical (unpaired) electrons. The first-order chi connectivity index (χ1) is 12.6. The Balaban J connectivity index is 0.00000364. The molecule has 0 spiro atoms. The number of hydrogen-bond acceptors (Lipinski definition) is 6. The van der Waals surface area contributed by atoms with Gasteiger partial charge in [-0.05, 0) is 24.3 Å². The standard InChI is InChI=1S/C18H22N4O2S2.BrH/c1-23-15-9-5-3-7-13(15)21-17(19)25-11-12-26-18(20)22-14-8-4-6-10-16(14)24-2;/h3-10H,11-12H2,1-2H3,(H2,19,21)(H2,20,22);1H. The predicted octanol–water partition coefficient (Wildman–Crippen LogP) is 4.34. The van der Waals surface area contributed by atoms with Crippen LogP contribution in [0.3, 0.4) is 0 Å². The third-order valence-corrected chi connectivity index (χ3v) is 5.06. The quantitative estimate of drug-likeness (QED) is 0.354. The number of rotatable bonds is 7. The molecule has 2 aromatic carbocycles. The fourth-order valence-electron chi connectivity index (χ4n) is 2.04. The molecule has 0 aliphatic heterocycles. The van der Waals surface area contributed by atoms with Crippen molar-refractivity contribution in [2.45, 2.75) is 0 Å². The van der Waals surface area contributed by atoms with E-state index in [2.05, 4.69) is 9.98 Å². The first kappa shape index (κ1) is 23.2. The van der Waals surface area contributed by atoms with Gasteiger partial charge >= 0.3 is 0 Å². The number of aliphatic imine (C=N–C) groups is 2. The highest BCUT2D eigenvalue weighted by Gasteiger charge is 2.04. The molecular formula is C18H23BrN4O2S2. The van der Waals surface area contributed by atoms with E-state index in [-0.39, 0.29) is 17.0 Å². The molecule has 0 heterocycles. The summed E-state index contributed by atoms with van der Waals surface area (Å²) in [4.78, 5) is 8.76. The van der Waals surface area contributed by atoms with E-state index in [1.54, 1.807) is 14.2 Å². The lowest BCUT2D eigenvalue weighted by molar-refractivity contribution is 0.416. The molecule has 0 unspecified atom stereocenters. The van der Waals surface area contributed by atoms with Crippen molar-refractivity contribution in [2.24, 2.45) is 21.5 Å². The lowest BCUT2D eigenvalue weighted by Gasteiger charge is -2.06. The van der Waals surface area contributed by atoms with Crippen molar-refractivity contribution in [2.75, 3.05) is 25.7 Å². The van der Waals surface area contributed by atoms with Crippen LogP contribution in [0, 0.1) is 0 Å². The topological polar surface area (TPSA) is 95.2 Å². The van der Waals surface area contributed by atoms with Gasteiger partial charge in [-0.1, -0.05) is 47.8 Å². The summed E-state index contributed by atoms with van der Waals surface area (Å²) >= 11 is 2.93. The summed E-state index contributed by atoms with van der Waals surface area (Å²) in [6.07, 6.45) is 0. The number of thioether (sulfide) groups is 2. The van der Waals surface area contributed by atoms with Gasteiger partial charge in [0.25, 0.3) is 0 Å². The Hall–Kier alpha value is -1.84. The molecule has 9 heteroatoms. The Morgan fingerprint density at radius 1 is 0.778 bits per heavy atom. The number of para-hydroxylation sites is 4. The van der Waals surface area contributed by atoms with Gasteiger partial charge < -0.3 is 20.9 Å². The van der Waals surface area contributed by atoms with Gasteiger partial charge in [0.15, 0.2) is 10.3 Å². The molecule has 2 aromatic rings. The number of amidine groups is 2. The molecule has 6 nitrogen and oxygen atoms in total. The third kappa shape index (κ3) is 7.74. The van der Waals surface area contributed by atoms with E-state index in [1.807, 2.05) is 48.5 Å². The maximum atomic E-state index is 5.98. The van der Waals surface area contributed by atoms with Gasteiger partial charge in [-0.15, -0.1) is 17.0 Å². The van der Waals surface area contributed by atoms with Crippen LogP contribution in [0.4, 0.5) is 11.4 Å². The van der Waals surface area contributed by atoms with Crippen molar-refractivity contribution < 1.29 is 9.47 Å². The zero-order valence-corrected chi connectivity index (χ0v) is 18.5. The zero-order chi connectivity index (χ0) is 18.8. The first-order valence-corrected chi connectivity index (χ1v) is 9.81. The van der Waals surface area contributed by atoms with Gasteiger partial charge in [-0.3, -0.25) is 0 Å². The molecule has 0 atom stereocenters. The van der Waals surface area contributed by atoms with Crippen LogP contribution in [0.2, 0.25) is 0 Å². The summed E-state index contributed by atoms with van der Waals surface area (Å²) in [6, 6.07) is 15.0. The van der Waals surface area contributed by atoms with E-state index in [4.69, 9.17) is 20.9 Å². The van der Waals surface area contributed by atoms with Gasteiger partial charge in [-0.2, -0.15) is 0 Å². The summed E-state index contributed by atoms with van der Waals surface area (Å²) in [5, 5.41) is 0.964. The van der Waals surface area contributed by atoms with Gasteiger partial charge in [-0.25, -0.2) is 9.98 Å². The molecule has 4 N–H and O–H groups in total. The average Bonchev–Trinajstić information content (AvgIpc) is 2.66. The highest BCUT2D eigenvalue weighted by atomic mass is 79.9. The Morgan fingerprint density at radius 3 is 1.52 bits per heavy atom. The van der Waals surface area contributed by atoms with Crippen molar-refractivity contribution in [3.05, 3.63) is 48.5 Å². The number of methoxy groups -OCH3 is 2. The monoisotopic (exact) mass is 470 g/mol. The average molecular weight is 471 g/mol. The summed E-state index contributed by atoms with van der Waals surface area (Å²) in [5.41, 5.74) is 13.4. The second-order valence-electron chi connectivity index (χ2n) is 4.94. The van der Waals surface area contributed by atoms with E-state index in [9.17, 15) is 0 Å². The number of hydrogen-bond donors (Lipinski definition) is 2. The number of benzene rings is 2. The molecule has 146 valence electrons. The number of nitrogens with zero attached hydrogens (tertiary/aromatic N) is 2. The minimum atomic E-state index is 0. The third-order valence-electron chi connectivity index (χ3n) is 3.21. The van der Waals surface area contributed by atoms with Crippen LogP contribution in [0.5, 0.6) is 11.5 Å². The maximum Gasteiger partial charge on any atom is 0.159 e. The molecule has 0 aromatic heterocycles. The van der Waals surface area contributed by atoms with E-state index < -0.39 is 0 Å². The summed E-state index contributed by atoms with van der Waals surface area (Å²) in [6.45, 7) is 0. The van der Waals surface area contributed by atoms with Crippen LogP contribution in [-0.2, 0) is 0 Å². The van der Waals surface area contributed by atoms with Crippen molar-refractivity contribution in [3.63, 3.8) is 0 Å². The smallest absolute Gasteiger partial charge is 0.159 e. The highest BCUT2D eigenvalue weighted by Crippen LogP contribution is 2.28. The Labute approximate surface area is 178 Å². The van der Waals surface area contributed by atoms with Gasteiger partial charge in [0.2, 0.25) is 0 Å². The lowest BCUT2D eigenvalue weighted by Crippen LogP contribution is -2.10. The minimum absolute atomic E-state index is 0. The molecule has 27 heavy (non-hydrogen) atoms. The minimum Gasteiger partial charge on any atom is -0.494 e. The van der Waals surface area contributed by atoms with Gasteiger partial charge in [0.05, 0.1) is 14.2 Å². The number of nitrogens with two attached hydrogens (primary N) is 2. The van der Waals surface area contributed by atoms with E-state index in [0.717, 1.165) is 11.5 Å². The fourth-order valence-corrected chi connectivity index (χ4v) is 3.45. The largest absolute Gasteiger partial charge is 0.494 e. The normalized spacial score (nSPS) is 11.6. The predicted molar refractivity (Wildman–Crippen MR) is 124 cm³/mol. The Morgan fingerprint density at radius 2 is 1.15 bits per heavy atom. The molecule has 0 saturated carbocycles. The first-order valence-electron chi connectivity index (χ1n) is 7.84. The van der Waals surface area contributed by atoms with Crippen LogP contribution in [0.1, 0.15) is 0 Å². The van der Waals surface area contributed by atoms with Crippen molar-refractivity contribution >= 4 is 62.2 Å². The molecule has 2 rings (SSSR count). The molecule has 0 aliphatic rings. The second kappa shape index (κ2) is 12.5. The van der Waals surface area contributed by atoms with Crippen molar-refractivity contribution in [1.82, 2.24) is 0 Å². The van der Waals surface area contributed by atoms with Crippen LogP contribution >= 0.6 is 40.5 Å². The van der Waals surface area contributed by atoms with E-state index in [1.165, 1.54) is 23.5 Å². The summed E-state index contributed by atoms with van der Waals surface area (Å²) in [7, 11) is 3.22.